The molecule has 0 saturated heterocycles. The maximum atomic E-state index is 4.64. The molecule has 2 aliphatic rings. The fourth-order valence-corrected chi connectivity index (χ4v) is 2.02. The van der Waals surface area contributed by atoms with Crippen molar-refractivity contribution >= 4 is 6.08 Å². The van der Waals surface area contributed by atoms with Crippen LogP contribution in [0, 0.1) is 6.92 Å². The van der Waals surface area contributed by atoms with Gasteiger partial charge in [0.1, 0.15) is 0 Å². The van der Waals surface area contributed by atoms with Gasteiger partial charge in [0.15, 0.2) is 0 Å². The van der Waals surface area contributed by atoms with Crippen LogP contribution in [0.3, 0.4) is 0 Å². The van der Waals surface area contributed by atoms with Gasteiger partial charge in [-0.3, -0.25) is 0 Å². The van der Waals surface area contributed by atoms with Gasteiger partial charge in [-0.05, 0) is 37.3 Å². The first-order valence-corrected chi connectivity index (χ1v) is 5.72. The Morgan fingerprint density at radius 1 is 1.12 bits per heavy atom. The van der Waals surface area contributed by atoms with Crippen molar-refractivity contribution in [1.29, 1.82) is 0 Å². The van der Waals surface area contributed by atoms with Crippen LogP contribution in [-0.2, 0) is 0 Å². The zero-order valence-electron chi connectivity index (χ0n) is 10.0. The third kappa shape index (κ3) is 1.82. The quantitative estimate of drug-likeness (QED) is 0.651. The first-order valence-electron chi connectivity index (χ1n) is 5.72. The Bertz CT molecular complexity index is 659. The van der Waals surface area contributed by atoms with E-state index in [0.29, 0.717) is 0 Å². The molecular weight excluding hydrogens is 208 g/mol. The Labute approximate surface area is 101 Å². The van der Waals surface area contributed by atoms with Crippen molar-refractivity contribution in [2.24, 2.45) is 4.99 Å². The van der Waals surface area contributed by atoms with Crippen LogP contribution < -0.4 is 10.6 Å². The number of rotatable bonds is 0. The lowest BCUT2D eigenvalue weighted by atomic mass is 10.1. The molecule has 0 saturated carbocycles. The van der Waals surface area contributed by atoms with Crippen LogP contribution in [0.2, 0.25) is 0 Å². The molecule has 0 aliphatic carbocycles. The lowest BCUT2D eigenvalue weighted by Gasteiger charge is -2.12. The molecule has 2 nitrogen and oxygen atoms in total. The van der Waals surface area contributed by atoms with Gasteiger partial charge in [0.25, 0.3) is 0 Å². The number of aryl methyl sites for hydroxylation is 1. The van der Waals surface area contributed by atoms with E-state index < -0.39 is 0 Å². The fourth-order valence-electron chi connectivity index (χ4n) is 2.02. The maximum absolute atomic E-state index is 4.64. The summed E-state index contributed by atoms with van der Waals surface area (Å²) >= 11 is 0. The molecule has 0 bridgehead atoms. The lowest BCUT2D eigenvalue weighted by Crippen LogP contribution is -2.20. The molecule has 2 aliphatic heterocycles. The summed E-state index contributed by atoms with van der Waals surface area (Å²) in [4.78, 5) is 6.67. The van der Waals surface area contributed by atoms with E-state index >= 15 is 0 Å². The third-order valence-corrected chi connectivity index (χ3v) is 2.99. The molecule has 2 heterocycles. The predicted octanol–water partition coefficient (Wildman–Crippen LogP) is 1.64. The standard InChI is InChI=1S/C15H14N2/c1-11-3-4-14-13(9-11)10-15(16-14)12-5-7-17(2)8-6-12/h3-10H,1-2H3. The molecule has 3 rings (SSSR count). The minimum Gasteiger partial charge on any atom is -0.357 e. The first-order chi connectivity index (χ1) is 8.22. The Hall–Kier alpha value is -2.09. The number of benzene rings is 1. The van der Waals surface area contributed by atoms with E-state index in [2.05, 4.69) is 48.3 Å². The zero-order valence-corrected chi connectivity index (χ0v) is 10.0. The number of hydrogen-bond donors (Lipinski definition) is 0. The summed E-state index contributed by atoms with van der Waals surface area (Å²) in [6.07, 6.45) is 10.4. The van der Waals surface area contributed by atoms with Crippen LogP contribution in [0.15, 0.2) is 59.0 Å². The van der Waals surface area contributed by atoms with E-state index in [1.807, 2.05) is 24.3 Å². The van der Waals surface area contributed by atoms with Gasteiger partial charge in [-0.1, -0.05) is 11.6 Å². The van der Waals surface area contributed by atoms with Crippen LogP contribution >= 0.6 is 0 Å². The molecular formula is C15H14N2. The van der Waals surface area contributed by atoms with E-state index in [9.17, 15) is 0 Å². The van der Waals surface area contributed by atoms with Crippen LogP contribution in [0.1, 0.15) is 5.56 Å². The van der Waals surface area contributed by atoms with E-state index in [1.165, 1.54) is 10.8 Å². The Morgan fingerprint density at radius 2 is 1.88 bits per heavy atom. The molecule has 0 spiro atoms. The van der Waals surface area contributed by atoms with Gasteiger partial charge in [0.05, 0.1) is 11.1 Å². The molecule has 2 heteroatoms. The van der Waals surface area contributed by atoms with E-state index in [0.717, 1.165) is 16.6 Å². The third-order valence-electron chi connectivity index (χ3n) is 2.99. The number of nitrogens with zero attached hydrogens (tertiary/aromatic N) is 2. The summed E-state index contributed by atoms with van der Waals surface area (Å²) in [5.74, 6) is 0. The SMILES string of the molecule is Cc1ccc2c(c1)=CC(=C1C=CN(C)C=C1)N=2. The van der Waals surface area contributed by atoms with E-state index in [-0.39, 0.29) is 0 Å². The summed E-state index contributed by atoms with van der Waals surface area (Å²) in [5, 5.41) is 2.28. The van der Waals surface area contributed by atoms with Gasteiger partial charge in [-0.25, -0.2) is 4.99 Å². The Morgan fingerprint density at radius 3 is 2.65 bits per heavy atom. The average molecular weight is 222 g/mol. The molecule has 0 amide bonds. The second-order valence-electron chi connectivity index (χ2n) is 4.46. The van der Waals surface area contributed by atoms with Crippen molar-refractivity contribution in [2.75, 3.05) is 7.05 Å². The molecule has 0 N–H and O–H groups in total. The zero-order chi connectivity index (χ0) is 11.8. The lowest BCUT2D eigenvalue weighted by molar-refractivity contribution is 0.619. The molecule has 0 radical (unpaired) electrons. The molecule has 1 aromatic rings. The molecule has 0 fully saturated rings. The summed E-state index contributed by atoms with van der Waals surface area (Å²) in [6, 6.07) is 6.36. The smallest absolute Gasteiger partial charge is 0.0717 e. The minimum atomic E-state index is 1.05. The molecule has 1 aromatic carbocycles. The first kappa shape index (κ1) is 10.1. The van der Waals surface area contributed by atoms with Gasteiger partial charge in [0, 0.05) is 30.2 Å². The van der Waals surface area contributed by atoms with Crippen molar-refractivity contribution < 1.29 is 0 Å². The minimum absolute atomic E-state index is 1.05. The predicted molar refractivity (Wildman–Crippen MR) is 69.5 cm³/mol. The highest BCUT2D eigenvalue weighted by atomic mass is 15.0. The second-order valence-corrected chi connectivity index (χ2v) is 4.46. The van der Waals surface area contributed by atoms with Crippen molar-refractivity contribution in [2.45, 2.75) is 6.92 Å². The highest BCUT2D eigenvalue weighted by Crippen LogP contribution is 2.16. The maximum Gasteiger partial charge on any atom is 0.0717 e. The molecule has 0 atom stereocenters. The normalized spacial score (nSPS) is 16.9. The Kier molecular flexibility index (Phi) is 2.22. The van der Waals surface area contributed by atoms with Crippen molar-refractivity contribution in [3.05, 3.63) is 70.2 Å². The number of fused-ring (bicyclic) bond motifs is 1. The summed E-state index contributed by atoms with van der Waals surface area (Å²) in [6.45, 7) is 2.11. The Balaban J connectivity index is 2.13. The molecule has 0 aromatic heterocycles. The van der Waals surface area contributed by atoms with Crippen LogP contribution in [-0.4, -0.2) is 11.9 Å². The average Bonchev–Trinajstić information content (AvgIpc) is 2.72. The monoisotopic (exact) mass is 222 g/mol. The fraction of sp³-hybridized carbons (Fsp3) is 0.133. The van der Waals surface area contributed by atoms with E-state index in [4.69, 9.17) is 0 Å². The van der Waals surface area contributed by atoms with Gasteiger partial charge in [-0.15, -0.1) is 0 Å². The summed E-state index contributed by atoms with van der Waals surface area (Å²) in [5.41, 5.74) is 3.49. The van der Waals surface area contributed by atoms with E-state index in [1.54, 1.807) is 0 Å². The molecule has 17 heavy (non-hydrogen) atoms. The largest absolute Gasteiger partial charge is 0.357 e. The number of hydrogen-bond acceptors (Lipinski definition) is 2. The highest BCUT2D eigenvalue weighted by Gasteiger charge is 2.06. The van der Waals surface area contributed by atoms with Crippen LogP contribution in [0.4, 0.5) is 0 Å². The van der Waals surface area contributed by atoms with Crippen molar-refractivity contribution in [1.82, 2.24) is 4.90 Å². The van der Waals surface area contributed by atoms with Crippen LogP contribution in [0.25, 0.3) is 6.08 Å². The van der Waals surface area contributed by atoms with Gasteiger partial charge < -0.3 is 4.90 Å². The second kappa shape index (κ2) is 3.74. The molecule has 0 unspecified atom stereocenters. The summed E-state index contributed by atoms with van der Waals surface area (Å²) in [7, 11) is 2.02. The van der Waals surface area contributed by atoms with Crippen molar-refractivity contribution in [3.8, 4) is 0 Å². The summed E-state index contributed by atoms with van der Waals surface area (Å²) < 4.78 is 0. The van der Waals surface area contributed by atoms with Crippen LogP contribution in [0.5, 0.6) is 0 Å². The molecule has 84 valence electrons. The van der Waals surface area contributed by atoms with Gasteiger partial charge in [-0.2, -0.15) is 0 Å². The number of allylic oxidation sites excluding steroid dienone is 4. The van der Waals surface area contributed by atoms with Gasteiger partial charge >= 0.3 is 0 Å². The highest BCUT2D eigenvalue weighted by molar-refractivity contribution is 5.57. The van der Waals surface area contributed by atoms with Gasteiger partial charge in [0.2, 0.25) is 0 Å². The topological polar surface area (TPSA) is 15.6 Å². The van der Waals surface area contributed by atoms with Crippen molar-refractivity contribution in [3.63, 3.8) is 0 Å².